The van der Waals surface area contributed by atoms with Crippen molar-refractivity contribution >= 4 is 29.6 Å². The first-order valence-corrected chi connectivity index (χ1v) is 7.29. The van der Waals surface area contributed by atoms with Gasteiger partial charge in [-0.2, -0.15) is 0 Å². The zero-order valence-corrected chi connectivity index (χ0v) is 12.9. The fourth-order valence-corrected chi connectivity index (χ4v) is 2.06. The van der Waals surface area contributed by atoms with Crippen LogP contribution in [0.5, 0.6) is 0 Å². The molecule has 1 atom stereocenters. The summed E-state index contributed by atoms with van der Waals surface area (Å²) in [5.74, 6) is -1.85. The van der Waals surface area contributed by atoms with Gasteiger partial charge in [-0.3, -0.25) is 14.4 Å². The number of amides is 3. The Hall–Kier alpha value is -3.69. The fourth-order valence-electron chi connectivity index (χ4n) is 2.06. The van der Waals surface area contributed by atoms with Gasteiger partial charge in [-0.25, -0.2) is 9.67 Å². The molecule has 1 aliphatic heterocycles. The van der Waals surface area contributed by atoms with Crippen LogP contribution in [-0.4, -0.2) is 50.7 Å². The summed E-state index contributed by atoms with van der Waals surface area (Å²) in [7, 11) is 0. The number of hydrogen-bond acceptors (Lipinski definition) is 6. The summed E-state index contributed by atoms with van der Waals surface area (Å²) in [6.45, 7) is -0.195. The highest BCUT2D eigenvalue weighted by atomic mass is 16.2. The van der Waals surface area contributed by atoms with Crippen molar-refractivity contribution in [2.45, 2.75) is 0 Å². The van der Waals surface area contributed by atoms with Gasteiger partial charge in [-0.1, -0.05) is 6.08 Å². The number of anilines is 1. The van der Waals surface area contributed by atoms with Gasteiger partial charge < -0.3 is 10.6 Å². The number of tetrazole rings is 1. The van der Waals surface area contributed by atoms with Crippen LogP contribution in [0, 0.1) is 5.92 Å². The third kappa shape index (κ3) is 4.19. The van der Waals surface area contributed by atoms with Crippen molar-refractivity contribution in [2.75, 3.05) is 11.9 Å². The average molecular weight is 339 g/mol. The molecule has 3 rings (SSSR count). The van der Waals surface area contributed by atoms with E-state index in [1.165, 1.54) is 29.4 Å². The Morgan fingerprint density at radius 1 is 1.20 bits per heavy atom. The van der Waals surface area contributed by atoms with Crippen LogP contribution in [0.2, 0.25) is 0 Å². The van der Waals surface area contributed by atoms with Crippen molar-refractivity contribution in [1.29, 1.82) is 0 Å². The van der Waals surface area contributed by atoms with E-state index >= 15 is 0 Å². The Balaban J connectivity index is 1.49. The van der Waals surface area contributed by atoms with E-state index < -0.39 is 17.7 Å². The number of rotatable bonds is 5. The third-order valence-corrected chi connectivity index (χ3v) is 3.30. The molecule has 0 fully saturated rings. The number of aromatic nitrogens is 4. The second kappa shape index (κ2) is 7.25. The summed E-state index contributed by atoms with van der Waals surface area (Å²) in [5.41, 5.74) is 1.31. The van der Waals surface area contributed by atoms with E-state index in [2.05, 4.69) is 31.2 Å². The highest BCUT2D eigenvalue weighted by molar-refractivity contribution is 6.06. The first-order valence-electron chi connectivity index (χ1n) is 7.29. The summed E-state index contributed by atoms with van der Waals surface area (Å²) >= 11 is 0. The molecule has 0 radical (unpaired) electrons. The molecule has 1 aliphatic rings. The lowest BCUT2D eigenvalue weighted by molar-refractivity contribution is -0.124. The van der Waals surface area contributed by atoms with Crippen LogP contribution in [0.1, 0.15) is 0 Å². The summed E-state index contributed by atoms with van der Waals surface area (Å²) in [4.78, 5) is 38.2. The maximum atomic E-state index is 11.9. The van der Waals surface area contributed by atoms with Crippen LogP contribution in [0.3, 0.4) is 0 Å². The highest BCUT2D eigenvalue weighted by Crippen LogP contribution is 2.11. The zero-order chi connectivity index (χ0) is 17.6. The Morgan fingerprint density at radius 2 is 2.00 bits per heavy atom. The second-order valence-electron chi connectivity index (χ2n) is 5.07. The van der Waals surface area contributed by atoms with Crippen molar-refractivity contribution in [3.8, 4) is 5.69 Å². The third-order valence-electron chi connectivity index (χ3n) is 3.30. The minimum atomic E-state index is -0.652. The molecule has 0 aliphatic carbocycles. The molecule has 2 heterocycles. The van der Waals surface area contributed by atoms with Crippen LogP contribution in [0.25, 0.3) is 5.69 Å². The largest absolute Gasteiger partial charge is 0.346 e. The van der Waals surface area contributed by atoms with Gasteiger partial charge in [-0.15, -0.1) is 5.10 Å². The van der Waals surface area contributed by atoms with Gasteiger partial charge in [0, 0.05) is 18.0 Å². The number of benzene rings is 1. The van der Waals surface area contributed by atoms with Crippen molar-refractivity contribution in [1.82, 2.24) is 25.5 Å². The van der Waals surface area contributed by atoms with Crippen LogP contribution in [-0.2, 0) is 14.4 Å². The first-order chi connectivity index (χ1) is 12.1. The lowest BCUT2D eigenvalue weighted by Gasteiger charge is -2.11. The minimum absolute atomic E-state index is 0.195. The summed E-state index contributed by atoms with van der Waals surface area (Å²) in [5, 5.41) is 16.0. The molecule has 0 spiro atoms. The Labute approximate surface area is 141 Å². The zero-order valence-electron chi connectivity index (χ0n) is 12.9. The number of hydrogen-bond donors (Lipinski definition) is 2. The molecule has 126 valence electrons. The van der Waals surface area contributed by atoms with Gasteiger partial charge in [0.15, 0.2) is 0 Å². The summed E-state index contributed by atoms with van der Waals surface area (Å²) in [6.07, 6.45) is 5.35. The maximum Gasteiger partial charge on any atom is 0.269 e. The number of carbonyl (C=O) groups excluding carboxylic acids is 3. The lowest BCUT2D eigenvalue weighted by atomic mass is 10.1. The molecule has 3 amide bonds. The quantitative estimate of drug-likeness (QED) is 0.755. The van der Waals surface area contributed by atoms with Crippen LogP contribution in [0.15, 0.2) is 47.7 Å². The van der Waals surface area contributed by atoms with Crippen molar-refractivity contribution in [3.05, 3.63) is 42.7 Å². The van der Waals surface area contributed by atoms with Gasteiger partial charge in [-0.05, 0) is 34.7 Å². The molecule has 1 aromatic carbocycles. The molecule has 0 saturated heterocycles. The van der Waals surface area contributed by atoms with E-state index in [-0.39, 0.29) is 12.5 Å². The predicted molar refractivity (Wildman–Crippen MR) is 86.9 cm³/mol. The van der Waals surface area contributed by atoms with Gasteiger partial charge in [0.2, 0.25) is 11.8 Å². The molecule has 2 N–H and O–H groups in total. The van der Waals surface area contributed by atoms with E-state index in [1.54, 1.807) is 24.3 Å². The number of dihydropyridines is 1. The van der Waals surface area contributed by atoms with E-state index in [1.807, 2.05) is 0 Å². The molecule has 25 heavy (non-hydrogen) atoms. The summed E-state index contributed by atoms with van der Waals surface area (Å²) < 4.78 is 1.48. The molecule has 10 nitrogen and oxygen atoms in total. The van der Waals surface area contributed by atoms with Crippen molar-refractivity contribution in [3.63, 3.8) is 0 Å². The van der Waals surface area contributed by atoms with E-state index in [0.29, 0.717) is 5.69 Å². The number of carbonyl (C=O) groups is 3. The van der Waals surface area contributed by atoms with Gasteiger partial charge in [0.25, 0.3) is 5.91 Å². The molecule has 0 bridgehead atoms. The minimum Gasteiger partial charge on any atom is -0.346 e. The van der Waals surface area contributed by atoms with E-state index in [9.17, 15) is 14.4 Å². The van der Waals surface area contributed by atoms with Crippen LogP contribution in [0.4, 0.5) is 5.69 Å². The Bertz CT molecular complexity index is 825. The number of nitrogens with one attached hydrogen (secondary N) is 2. The highest BCUT2D eigenvalue weighted by Gasteiger charge is 2.17. The number of nitrogens with zero attached hydrogens (tertiary/aromatic N) is 5. The van der Waals surface area contributed by atoms with Crippen molar-refractivity contribution < 1.29 is 14.4 Å². The number of aliphatic imine (C=N–C) groups is 1. The van der Waals surface area contributed by atoms with Gasteiger partial charge in [0.1, 0.15) is 6.33 Å². The lowest BCUT2D eigenvalue weighted by Crippen LogP contribution is -2.37. The second-order valence-corrected chi connectivity index (χ2v) is 5.07. The Kier molecular flexibility index (Phi) is 4.69. The maximum absolute atomic E-state index is 11.9. The van der Waals surface area contributed by atoms with Gasteiger partial charge >= 0.3 is 0 Å². The van der Waals surface area contributed by atoms with E-state index in [4.69, 9.17) is 0 Å². The monoisotopic (exact) mass is 339 g/mol. The smallest absolute Gasteiger partial charge is 0.269 e. The normalized spacial score (nSPS) is 15.8. The Morgan fingerprint density at radius 3 is 2.64 bits per heavy atom. The molecular formula is C15H13N7O3. The SMILES string of the molecule is O=C1C=CC(C(=O)NCC(=O)Nc2ccc(-n3cnnn3)cc2)C=N1. The average Bonchev–Trinajstić information content (AvgIpc) is 3.15. The molecule has 0 saturated carbocycles. The molecule has 1 aromatic heterocycles. The topological polar surface area (TPSA) is 131 Å². The molecule has 2 aromatic rings. The molecule has 10 heteroatoms. The van der Waals surface area contributed by atoms with Crippen LogP contribution >= 0.6 is 0 Å². The summed E-state index contributed by atoms with van der Waals surface area (Å²) in [6, 6.07) is 6.87. The van der Waals surface area contributed by atoms with Gasteiger partial charge in [0.05, 0.1) is 18.2 Å². The fraction of sp³-hybridized carbons (Fsp3) is 0.133. The van der Waals surface area contributed by atoms with Crippen LogP contribution < -0.4 is 10.6 Å². The first kappa shape index (κ1) is 16.2. The predicted octanol–water partition coefficient (Wildman–Crippen LogP) is -0.500. The van der Waals surface area contributed by atoms with E-state index in [0.717, 1.165) is 5.69 Å². The standard InChI is InChI=1S/C15H13N7O3/c23-13-6-1-10(7-16-13)15(25)17-8-14(24)19-11-2-4-12(5-3-11)22-9-18-20-21-22/h1-7,9-10H,8H2,(H,17,25)(H,19,24). The van der Waals surface area contributed by atoms with Crippen molar-refractivity contribution in [2.24, 2.45) is 10.9 Å². The molecule has 1 unspecified atom stereocenters. The molecular weight excluding hydrogens is 326 g/mol.